The quantitative estimate of drug-likeness (QED) is 0.585. The van der Waals surface area contributed by atoms with E-state index in [0.29, 0.717) is 0 Å². The summed E-state index contributed by atoms with van der Waals surface area (Å²) in [6, 6.07) is 4.31. The zero-order chi connectivity index (χ0) is 12.8. The molecule has 0 aliphatic rings. The molecule has 0 spiro atoms. The molecular weight excluding hydrogens is 228 g/mol. The lowest BCUT2D eigenvalue weighted by Gasteiger charge is -2.04. The first-order chi connectivity index (χ1) is 8.00. The molecule has 17 heavy (non-hydrogen) atoms. The van der Waals surface area contributed by atoms with Gasteiger partial charge in [-0.05, 0) is 31.9 Å². The summed E-state index contributed by atoms with van der Waals surface area (Å²) in [6.45, 7) is 7.87. The molecule has 0 heterocycles. The number of carbonyl (C=O) groups excluding carboxylic acids is 1. The van der Waals surface area contributed by atoms with Crippen molar-refractivity contribution in [2.75, 3.05) is 5.75 Å². The lowest BCUT2D eigenvalue weighted by Crippen LogP contribution is -1.90. The van der Waals surface area contributed by atoms with Crippen LogP contribution in [0.3, 0.4) is 0 Å². The molecular formula is C15H18OS. The standard InChI is InChI=1S/C15H18OS/c1-11-9-12(2)15(13(3)10-11)7-5-6-8-17-14(4)16/h9-10H,6,8H2,1-4H3. The molecule has 2 heteroatoms. The summed E-state index contributed by atoms with van der Waals surface area (Å²) < 4.78 is 0. The van der Waals surface area contributed by atoms with Crippen molar-refractivity contribution in [1.29, 1.82) is 0 Å². The Morgan fingerprint density at radius 3 is 2.35 bits per heavy atom. The topological polar surface area (TPSA) is 17.1 Å². The van der Waals surface area contributed by atoms with Gasteiger partial charge in [0.05, 0.1) is 0 Å². The van der Waals surface area contributed by atoms with Crippen LogP contribution in [0, 0.1) is 32.6 Å². The van der Waals surface area contributed by atoms with Crippen molar-refractivity contribution in [1.82, 2.24) is 0 Å². The summed E-state index contributed by atoms with van der Waals surface area (Å²) in [5.74, 6) is 7.13. The van der Waals surface area contributed by atoms with Crippen molar-refractivity contribution >= 4 is 16.9 Å². The van der Waals surface area contributed by atoms with E-state index in [-0.39, 0.29) is 5.12 Å². The first-order valence-electron chi connectivity index (χ1n) is 5.71. The third-order valence-corrected chi connectivity index (χ3v) is 3.24. The molecule has 0 bridgehead atoms. The maximum atomic E-state index is 10.7. The number of aryl methyl sites for hydroxylation is 3. The van der Waals surface area contributed by atoms with Crippen LogP contribution in [-0.2, 0) is 4.79 Å². The maximum Gasteiger partial charge on any atom is 0.185 e. The monoisotopic (exact) mass is 246 g/mol. The molecule has 0 N–H and O–H groups in total. The fourth-order valence-corrected chi connectivity index (χ4v) is 2.27. The molecule has 90 valence electrons. The predicted octanol–water partition coefficient (Wildman–Crippen LogP) is 3.63. The van der Waals surface area contributed by atoms with Gasteiger partial charge in [0.25, 0.3) is 0 Å². The van der Waals surface area contributed by atoms with Crippen molar-refractivity contribution < 1.29 is 4.79 Å². The average Bonchev–Trinajstić information content (AvgIpc) is 2.20. The fourth-order valence-electron chi connectivity index (χ4n) is 1.77. The van der Waals surface area contributed by atoms with Gasteiger partial charge in [0.1, 0.15) is 0 Å². The van der Waals surface area contributed by atoms with E-state index in [2.05, 4.69) is 44.7 Å². The number of benzene rings is 1. The minimum absolute atomic E-state index is 0.162. The lowest BCUT2D eigenvalue weighted by molar-refractivity contribution is -0.109. The van der Waals surface area contributed by atoms with Crippen molar-refractivity contribution in [2.45, 2.75) is 34.1 Å². The van der Waals surface area contributed by atoms with Gasteiger partial charge in [-0.2, -0.15) is 0 Å². The fraction of sp³-hybridized carbons (Fsp3) is 0.400. The smallest absolute Gasteiger partial charge is 0.185 e. The highest BCUT2D eigenvalue weighted by molar-refractivity contribution is 8.13. The molecule has 1 aromatic carbocycles. The predicted molar refractivity (Wildman–Crippen MR) is 75.3 cm³/mol. The molecule has 0 aromatic heterocycles. The van der Waals surface area contributed by atoms with Crippen LogP contribution in [0.5, 0.6) is 0 Å². The minimum Gasteiger partial charge on any atom is -0.288 e. The average molecular weight is 246 g/mol. The highest BCUT2D eigenvalue weighted by atomic mass is 32.2. The summed E-state index contributed by atoms with van der Waals surface area (Å²) in [5, 5.41) is 0.162. The van der Waals surface area contributed by atoms with Crippen LogP contribution in [0.4, 0.5) is 0 Å². The number of carbonyl (C=O) groups is 1. The van der Waals surface area contributed by atoms with Gasteiger partial charge in [0.15, 0.2) is 5.12 Å². The normalized spacial score (nSPS) is 9.65. The van der Waals surface area contributed by atoms with Gasteiger partial charge < -0.3 is 0 Å². The van der Waals surface area contributed by atoms with E-state index in [9.17, 15) is 4.79 Å². The van der Waals surface area contributed by atoms with E-state index < -0.39 is 0 Å². The number of rotatable bonds is 2. The van der Waals surface area contributed by atoms with E-state index in [1.54, 1.807) is 6.92 Å². The van der Waals surface area contributed by atoms with Crippen molar-refractivity contribution in [3.05, 3.63) is 34.4 Å². The molecule has 0 radical (unpaired) electrons. The second-order valence-corrected chi connectivity index (χ2v) is 5.44. The van der Waals surface area contributed by atoms with Crippen molar-refractivity contribution in [3.8, 4) is 11.8 Å². The van der Waals surface area contributed by atoms with E-state index in [1.807, 2.05) is 0 Å². The molecule has 1 rings (SSSR count). The van der Waals surface area contributed by atoms with Crippen molar-refractivity contribution in [3.63, 3.8) is 0 Å². The first-order valence-corrected chi connectivity index (χ1v) is 6.69. The molecule has 0 fully saturated rings. The van der Waals surface area contributed by atoms with Gasteiger partial charge in [-0.1, -0.05) is 41.3 Å². The van der Waals surface area contributed by atoms with Gasteiger partial charge in [0, 0.05) is 24.7 Å². The van der Waals surface area contributed by atoms with Gasteiger partial charge in [-0.15, -0.1) is 0 Å². The molecule has 0 amide bonds. The Balaban J connectivity index is 2.69. The number of hydrogen-bond donors (Lipinski definition) is 0. The molecule has 0 saturated carbocycles. The van der Waals surface area contributed by atoms with Crippen LogP contribution in [0.25, 0.3) is 0 Å². The Labute approximate surface area is 108 Å². The highest BCUT2D eigenvalue weighted by Gasteiger charge is 2.00. The van der Waals surface area contributed by atoms with Crippen LogP contribution in [0.1, 0.15) is 35.6 Å². The van der Waals surface area contributed by atoms with Gasteiger partial charge in [-0.25, -0.2) is 0 Å². The zero-order valence-electron chi connectivity index (χ0n) is 10.9. The summed E-state index contributed by atoms with van der Waals surface area (Å²) in [7, 11) is 0. The molecule has 1 nitrogen and oxygen atoms in total. The summed E-state index contributed by atoms with van der Waals surface area (Å²) in [6.07, 6.45) is 0.761. The van der Waals surface area contributed by atoms with Gasteiger partial charge in [0.2, 0.25) is 0 Å². The van der Waals surface area contributed by atoms with Crippen LogP contribution in [-0.4, -0.2) is 10.9 Å². The summed E-state index contributed by atoms with van der Waals surface area (Å²) in [5.41, 5.74) is 4.87. The molecule has 0 aliphatic carbocycles. The lowest BCUT2D eigenvalue weighted by atomic mass is 10.0. The summed E-state index contributed by atoms with van der Waals surface area (Å²) in [4.78, 5) is 10.7. The molecule has 1 aromatic rings. The SMILES string of the molecule is CC(=O)SCCC#Cc1c(C)cc(C)cc1C. The third kappa shape index (κ3) is 4.66. The van der Waals surface area contributed by atoms with Crippen LogP contribution < -0.4 is 0 Å². The molecule has 0 unspecified atom stereocenters. The third-order valence-electron chi connectivity index (χ3n) is 2.42. The van der Waals surface area contributed by atoms with E-state index in [4.69, 9.17) is 0 Å². The zero-order valence-corrected chi connectivity index (χ0v) is 11.7. The Hall–Kier alpha value is -1.20. The molecule has 0 saturated heterocycles. The van der Waals surface area contributed by atoms with Crippen molar-refractivity contribution in [2.24, 2.45) is 0 Å². The van der Waals surface area contributed by atoms with Crippen LogP contribution >= 0.6 is 11.8 Å². The van der Waals surface area contributed by atoms with Crippen LogP contribution in [0.2, 0.25) is 0 Å². The van der Waals surface area contributed by atoms with Crippen LogP contribution in [0.15, 0.2) is 12.1 Å². The van der Waals surface area contributed by atoms with Gasteiger partial charge in [-0.3, -0.25) is 4.79 Å². The molecule has 0 aliphatic heterocycles. The highest BCUT2D eigenvalue weighted by Crippen LogP contribution is 2.15. The Kier molecular flexibility index (Phi) is 5.31. The molecule has 0 atom stereocenters. The Morgan fingerprint density at radius 1 is 1.24 bits per heavy atom. The van der Waals surface area contributed by atoms with E-state index in [0.717, 1.165) is 17.7 Å². The second-order valence-electron chi connectivity index (χ2n) is 4.17. The first kappa shape index (κ1) is 13.9. The second kappa shape index (κ2) is 6.51. The maximum absolute atomic E-state index is 10.7. The minimum atomic E-state index is 0.162. The van der Waals surface area contributed by atoms with E-state index >= 15 is 0 Å². The number of thioether (sulfide) groups is 1. The Morgan fingerprint density at radius 2 is 1.82 bits per heavy atom. The summed E-state index contributed by atoms with van der Waals surface area (Å²) >= 11 is 1.34. The largest absolute Gasteiger partial charge is 0.288 e. The van der Waals surface area contributed by atoms with Gasteiger partial charge >= 0.3 is 0 Å². The Bertz CT molecular complexity index is 454. The number of hydrogen-bond acceptors (Lipinski definition) is 2. The van der Waals surface area contributed by atoms with E-state index in [1.165, 1.54) is 28.5 Å².